The summed E-state index contributed by atoms with van der Waals surface area (Å²) in [5.74, 6) is -1.09. The van der Waals surface area contributed by atoms with Crippen molar-refractivity contribution in [2.75, 3.05) is 19.8 Å². The van der Waals surface area contributed by atoms with Crippen LogP contribution >= 0.6 is 12.2 Å². The lowest BCUT2D eigenvalue weighted by atomic mass is 9.83. The molecular formula is C33H41F3N6O2S. The van der Waals surface area contributed by atoms with Crippen LogP contribution in [0.2, 0.25) is 0 Å². The minimum atomic E-state index is -4.57. The zero-order valence-electron chi connectivity index (χ0n) is 25.9. The van der Waals surface area contributed by atoms with E-state index in [1.165, 1.54) is 17.0 Å². The number of ketones is 1. The Kier molecular flexibility index (Phi) is 13.5. The number of alkyl halides is 3. The molecule has 45 heavy (non-hydrogen) atoms. The average molecular weight is 643 g/mol. The zero-order chi connectivity index (χ0) is 33.0. The van der Waals surface area contributed by atoms with E-state index < -0.39 is 23.8 Å². The van der Waals surface area contributed by atoms with Crippen molar-refractivity contribution in [2.45, 2.75) is 65.5 Å². The lowest BCUT2D eigenvalue weighted by Crippen LogP contribution is -2.56. The number of hydrogen-bond acceptors (Lipinski definition) is 6. The van der Waals surface area contributed by atoms with Crippen LogP contribution in [0.25, 0.3) is 0 Å². The highest BCUT2D eigenvalue weighted by Crippen LogP contribution is 2.33. The van der Waals surface area contributed by atoms with Gasteiger partial charge in [-0.25, -0.2) is 4.98 Å². The van der Waals surface area contributed by atoms with Gasteiger partial charge in [-0.3, -0.25) is 4.79 Å². The monoisotopic (exact) mass is 642 g/mol. The quantitative estimate of drug-likeness (QED) is 0.117. The summed E-state index contributed by atoms with van der Waals surface area (Å²) in [6, 6.07) is 14.6. The van der Waals surface area contributed by atoms with Gasteiger partial charge < -0.3 is 25.3 Å². The largest absolute Gasteiger partial charge is 0.416 e. The summed E-state index contributed by atoms with van der Waals surface area (Å²) in [5.41, 5.74) is 8.23. The van der Waals surface area contributed by atoms with Gasteiger partial charge >= 0.3 is 6.18 Å². The minimum Gasteiger partial charge on any atom is -0.382 e. The number of benzene rings is 2. The zero-order valence-corrected chi connectivity index (χ0v) is 26.7. The van der Waals surface area contributed by atoms with Crippen LogP contribution in [0.4, 0.5) is 13.2 Å². The van der Waals surface area contributed by atoms with Crippen molar-refractivity contribution in [3.63, 3.8) is 0 Å². The van der Waals surface area contributed by atoms with E-state index in [1.54, 1.807) is 30.7 Å². The molecule has 0 aliphatic carbocycles. The summed E-state index contributed by atoms with van der Waals surface area (Å²) in [6.45, 7) is 7.47. The summed E-state index contributed by atoms with van der Waals surface area (Å²) in [6.07, 6.45) is -1.03. The second kappa shape index (κ2) is 17.1. The Morgan fingerprint density at radius 3 is 2.56 bits per heavy atom. The van der Waals surface area contributed by atoms with Crippen molar-refractivity contribution in [3.8, 4) is 6.07 Å². The lowest BCUT2D eigenvalue weighted by Gasteiger charge is -2.38. The molecule has 3 aromatic rings. The van der Waals surface area contributed by atoms with Gasteiger partial charge in [-0.05, 0) is 60.8 Å². The van der Waals surface area contributed by atoms with E-state index in [0.717, 1.165) is 11.6 Å². The Balaban J connectivity index is 1.89. The van der Waals surface area contributed by atoms with Gasteiger partial charge in [0.2, 0.25) is 0 Å². The van der Waals surface area contributed by atoms with E-state index in [1.807, 2.05) is 37.5 Å². The van der Waals surface area contributed by atoms with E-state index in [-0.39, 0.29) is 35.3 Å². The van der Waals surface area contributed by atoms with Crippen LogP contribution in [0.15, 0.2) is 61.1 Å². The first kappa shape index (κ1) is 35.7. The predicted octanol–water partition coefficient (Wildman–Crippen LogP) is 5.68. The van der Waals surface area contributed by atoms with Gasteiger partial charge in [0, 0.05) is 51.2 Å². The molecule has 12 heteroatoms. The van der Waals surface area contributed by atoms with Crippen LogP contribution in [-0.4, -0.2) is 51.3 Å². The third-order valence-electron chi connectivity index (χ3n) is 7.82. The number of thiocarbonyl (C=S) groups is 1. The second-order valence-corrected chi connectivity index (χ2v) is 11.3. The molecule has 0 aliphatic rings. The summed E-state index contributed by atoms with van der Waals surface area (Å²) in [4.78, 5) is 19.8. The number of imidazole rings is 1. The van der Waals surface area contributed by atoms with Crippen LogP contribution in [0, 0.1) is 23.2 Å². The normalized spacial score (nSPS) is 13.5. The molecule has 0 saturated heterocycles. The number of nitrogens with two attached hydrogens (primary N) is 1. The molecule has 3 rings (SSSR count). The minimum absolute atomic E-state index is 0.00904. The number of hydrogen-bond donors (Lipinski definition) is 2. The van der Waals surface area contributed by atoms with Gasteiger partial charge in [0.25, 0.3) is 0 Å². The number of aromatic nitrogens is 2. The third kappa shape index (κ3) is 10.1. The fraction of sp³-hybridized carbons (Fsp3) is 0.455. The Labute approximate surface area is 268 Å². The molecule has 1 aromatic heterocycles. The maximum atomic E-state index is 14.0. The molecule has 0 radical (unpaired) electrons. The lowest BCUT2D eigenvalue weighted by molar-refractivity contribution is -0.138. The van der Waals surface area contributed by atoms with Gasteiger partial charge in [0.15, 0.2) is 5.11 Å². The number of nitrogens with one attached hydrogen (secondary N) is 1. The van der Waals surface area contributed by atoms with Crippen molar-refractivity contribution < 1.29 is 22.7 Å². The average Bonchev–Trinajstić information content (AvgIpc) is 3.45. The van der Waals surface area contributed by atoms with Gasteiger partial charge in [0.05, 0.1) is 35.6 Å². The number of Topliss-reactive ketones (excluding diaryl/α,β-unsaturated/α-hetero) is 1. The maximum Gasteiger partial charge on any atom is 0.416 e. The molecule has 3 atom stereocenters. The molecule has 0 amide bonds. The smallest absolute Gasteiger partial charge is 0.382 e. The highest BCUT2D eigenvalue weighted by atomic mass is 32.1. The number of nitrogens with zero attached hydrogens (tertiary/aromatic N) is 4. The number of nitriles is 1. The maximum absolute atomic E-state index is 14.0. The van der Waals surface area contributed by atoms with Crippen molar-refractivity contribution in [2.24, 2.45) is 17.6 Å². The molecule has 0 bridgehead atoms. The highest BCUT2D eigenvalue weighted by molar-refractivity contribution is 7.80. The van der Waals surface area contributed by atoms with Crippen molar-refractivity contribution in [1.82, 2.24) is 19.8 Å². The van der Waals surface area contributed by atoms with E-state index >= 15 is 0 Å². The molecule has 3 N–H and O–H groups in total. The first-order chi connectivity index (χ1) is 21.5. The number of carbonyl (C=O) groups is 1. The van der Waals surface area contributed by atoms with Gasteiger partial charge in [-0.1, -0.05) is 50.6 Å². The first-order valence-electron chi connectivity index (χ1n) is 15.0. The second-order valence-electron chi connectivity index (χ2n) is 10.9. The molecule has 0 spiro atoms. The van der Waals surface area contributed by atoms with E-state index in [0.29, 0.717) is 50.4 Å². The van der Waals surface area contributed by atoms with Crippen molar-refractivity contribution >= 4 is 23.1 Å². The number of ether oxygens (including phenoxy) is 1. The van der Waals surface area contributed by atoms with Crippen LogP contribution in [0.3, 0.4) is 0 Å². The van der Waals surface area contributed by atoms with Gasteiger partial charge in [-0.2, -0.15) is 18.4 Å². The SMILES string of the molecule is CCOCCCNC(=S)N(Cc1ccccc1C(F)(F)F)C(N)[C@@H](C(=O)Cc1cncn1Cc1ccc(C#N)cc1)[C@@H](C)CC. The highest BCUT2D eigenvalue weighted by Gasteiger charge is 2.38. The summed E-state index contributed by atoms with van der Waals surface area (Å²) >= 11 is 5.69. The van der Waals surface area contributed by atoms with Crippen molar-refractivity contribution in [1.29, 1.82) is 5.26 Å². The van der Waals surface area contributed by atoms with Gasteiger partial charge in [-0.15, -0.1) is 0 Å². The number of halogens is 3. The molecule has 242 valence electrons. The van der Waals surface area contributed by atoms with Crippen LogP contribution in [0.1, 0.15) is 61.6 Å². The molecule has 0 saturated carbocycles. The molecule has 0 aliphatic heterocycles. The Morgan fingerprint density at radius 1 is 1.20 bits per heavy atom. The number of carbonyl (C=O) groups excluding carboxylic acids is 1. The van der Waals surface area contributed by atoms with Gasteiger partial charge in [0.1, 0.15) is 5.78 Å². The number of rotatable bonds is 16. The standard InChI is InChI=1S/C33H41F3N6O2S/c1-4-23(3)30(29(43)17-27-19-39-22-41(27)20-25-13-11-24(18-37)12-14-25)31(38)42(32(45)40-15-8-16-44-5-2)21-26-9-6-7-10-28(26)33(34,35)36/h6-7,9-14,19,22-23,30-31H,4-5,8,15-17,20-21,38H2,1-3H3,(H,40,45)/t23-,30+,31?/m0/s1. The Bertz CT molecular complexity index is 1440. The van der Waals surface area contributed by atoms with Crippen LogP contribution < -0.4 is 11.1 Å². The molecule has 8 nitrogen and oxygen atoms in total. The fourth-order valence-corrected chi connectivity index (χ4v) is 5.44. The van der Waals surface area contributed by atoms with Crippen LogP contribution in [0.5, 0.6) is 0 Å². The predicted molar refractivity (Wildman–Crippen MR) is 171 cm³/mol. The molecule has 1 heterocycles. The van der Waals surface area contributed by atoms with Crippen molar-refractivity contribution in [3.05, 3.63) is 89.0 Å². The first-order valence-corrected chi connectivity index (χ1v) is 15.4. The third-order valence-corrected chi connectivity index (χ3v) is 8.20. The fourth-order valence-electron chi connectivity index (χ4n) is 5.15. The summed E-state index contributed by atoms with van der Waals surface area (Å²) < 4.78 is 49.1. The summed E-state index contributed by atoms with van der Waals surface area (Å²) in [5, 5.41) is 12.4. The van der Waals surface area contributed by atoms with Crippen LogP contribution in [-0.2, 0) is 35.2 Å². The van der Waals surface area contributed by atoms with E-state index in [2.05, 4.69) is 16.4 Å². The Hall–Kier alpha value is -3.79. The molecular weight excluding hydrogens is 601 g/mol. The van der Waals surface area contributed by atoms with E-state index in [4.69, 9.17) is 28.0 Å². The molecule has 2 aromatic carbocycles. The molecule has 1 unspecified atom stereocenters. The Morgan fingerprint density at radius 2 is 1.91 bits per heavy atom. The topological polar surface area (TPSA) is 109 Å². The molecule has 0 fully saturated rings. The summed E-state index contributed by atoms with van der Waals surface area (Å²) in [7, 11) is 0. The van der Waals surface area contributed by atoms with E-state index in [9.17, 15) is 18.0 Å².